The van der Waals surface area contributed by atoms with Crippen LogP contribution in [0.4, 0.5) is 0 Å². The molecule has 1 N–H and O–H groups in total. The number of hydrogen-bond donors (Lipinski definition) is 1. The molecule has 1 heteroatoms. The van der Waals surface area contributed by atoms with E-state index in [2.05, 4.69) is 39.8 Å². The molecular formula is C16H26O. The Balaban J connectivity index is 2.20. The van der Waals surface area contributed by atoms with E-state index in [-0.39, 0.29) is 0 Å². The van der Waals surface area contributed by atoms with Crippen LogP contribution >= 0.6 is 0 Å². The van der Waals surface area contributed by atoms with Gasteiger partial charge in [0.2, 0.25) is 0 Å². The van der Waals surface area contributed by atoms with Crippen molar-refractivity contribution >= 4 is 0 Å². The zero-order valence-electron chi connectivity index (χ0n) is 11.9. The van der Waals surface area contributed by atoms with Crippen LogP contribution < -0.4 is 0 Å². The average molecular weight is 234 g/mol. The molecule has 17 heavy (non-hydrogen) atoms. The Morgan fingerprint density at radius 2 is 1.82 bits per heavy atom. The van der Waals surface area contributed by atoms with E-state index in [1.54, 1.807) is 0 Å². The summed E-state index contributed by atoms with van der Waals surface area (Å²) in [5.41, 5.74) is 2.45. The van der Waals surface area contributed by atoms with E-state index >= 15 is 0 Å². The normalized spacial score (nSPS) is 41.1. The van der Waals surface area contributed by atoms with Crippen molar-refractivity contribution in [3.8, 4) is 0 Å². The molecule has 0 aliphatic heterocycles. The van der Waals surface area contributed by atoms with Crippen molar-refractivity contribution in [3.05, 3.63) is 23.3 Å². The molecule has 0 amide bonds. The highest BCUT2D eigenvalue weighted by atomic mass is 16.3. The summed E-state index contributed by atoms with van der Waals surface area (Å²) in [6.45, 7) is 11.0. The summed E-state index contributed by atoms with van der Waals surface area (Å²) in [6.07, 6.45) is 7.98. The van der Waals surface area contributed by atoms with Crippen LogP contribution in [0.3, 0.4) is 0 Å². The molecule has 0 unspecified atom stereocenters. The number of hydrogen-bond acceptors (Lipinski definition) is 1. The van der Waals surface area contributed by atoms with E-state index in [9.17, 15) is 5.11 Å². The lowest BCUT2D eigenvalue weighted by atomic mass is 9.66. The van der Waals surface area contributed by atoms with Gasteiger partial charge in [0.1, 0.15) is 0 Å². The van der Waals surface area contributed by atoms with Crippen molar-refractivity contribution in [2.75, 3.05) is 0 Å². The summed E-state index contributed by atoms with van der Waals surface area (Å²) in [5, 5.41) is 10.2. The van der Waals surface area contributed by atoms with E-state index in [0.29, 0.717) is 17.3 Å². The third-order valence-electron chi connectivity index (χ3n) is 5.42. The van der Waals surface area contributed by atoms with Crippen LogP contribution in [-0.4, -0.2) is 10.7 Å². The maximum absolute atomic E-state index is 10.2. The first-order chi connectivity index (χ1) is 7.75. The lowest BCUT2D eigenvalue weighted by Gasteiger charge is -2.40. The first-order valence-electron chi connectivity index (χ1n) is 6.83. The quantitative estimate of drug-likeness (QED) is 0.678. The SMILES string of the molecule is CC1=CC[C@H]([C@@H]2C=C(C)[C@](C)(O)CC2)C1(C)C. The lowest BCUT2D eigenvalue weighted by Crippen LogP contribution is -2.35. The molecule has 3 atom stereocenters. The van der Waals surface area contributed by atoms with Gasteiger partial charge in [-0.1, -0.05) is 31.6 Å². The molecule has 96 valence electrons. The Bertz CT molecular complexity index is 371. The molecule has 2 rings (SSSR count). The Morgan fingerprint density at radius 1 is 1.18 bits per heavy atom. The summed E-state index contributed by atoms with van der Waals surface area (Å²) in [6, 6.07) is 0. The van der Waals surface area contributed by atoms with Crippen molar-refractivity contribution in [1.82, 2.24) is 0 Å². The van der Waals surface area contributed by atoms with Crippen molar-refractivity contribution in [3.63, 3.8) is 0 Å². The monoisotopic (exact) mass is 234 g/mol. The van der Waals surface area contributed by atoms with E-state index in [1.807, 2.05) is 6.92 Å². The first kappa shape index (κ1) is 12.9. The van der Waals surface area contributed by atoms with Crippen LogP contribution in [0.1, 0.15) is 53.9 Å². The highest BCUT2D eigenvalue weighted by Gasteiger charge is 2.41. The zero-order valence-corrected chi connectivity index (χ0v) is 11.9. The minimum Gasteiger partial charge on any atom is -0.386 e. The highest BCUT2D eigenvalue weighted by molar-refractivity contribution is 5.24. The Kier molecular flexibility index (Phi) is 3.02. The fourth-order valence-corrected chi connectivity index (χ4v) is 3.41. The summed E-state index contributed by atoms with van der Waals surface area (Å²) in [5.74, 6) is 1.35. The second-order valence-corrected chi connectivity index (χ2v) is 6.78. The van der Waals surface area contributed by atoms with Crippen LogP contribution in [0.2, 0.25) is 0 Å². The smallest absolute Gasteiger partial charge is 0.0826 e. The van der Waals surface area contributed by atoms with Gasteiger partial charge in [-0.05, 0) is 62.9 Å². The van der Waals surface area contributed by atoms with E-state index in [1.165, 1.54) is 12.0 Å². The largest absolute Gasteiger partial charge is 0.386 e. The average Bonchev–Trinajstić information content (AvgIpc) is 2.47. The Labute approximate surface area is 106 Å². The van der Waals surface area contributed by atoms with Gasteiger partial charge >= 0.3 is 0 Å². The first-order valence-corrected chi connectivity index (χ1v) is 6.83. The zero-order chi connectivity index (χ0) is 12.8. The fourth-order valence-electron chi connectivity index (χ4n) is 3.41. The van der Waals surface area contributed by atoms with Gasteiger partial charge in [-0.3, -0.25) is 0 Å². The Hall–Kier alpha value is -0.560. The summed E-state index contributed by atoms with van der Waals surface area (Å²) < 4.78 is 0. The van der Waals surface area contributed by atoms with Crippen LogP contribution in [0.25, 0.3) is 0 Å². The number of rotatable bonds is 1. The Morgan fingerprint density at radius 3 is 2.29 bits per heavy atom. The van der Waals surface area contributed by atoms with Crippen molar-refractivity contribution < 1.29 is 5.11 Å². The van der Waals surface area contributed by atoms with E-state index in [0.717, 1.165) is 18.4 Å². The maximum Gasteiger partial charge on any atom is 0.0826 e. The second-order valence-electron chi connectivity index (χ2n) is 6.78. The fraction of sp³-hybridized carbons (Fsp3) is 0.750. The van der Waals surface area contributed by atoms with Gasteiger partial charge in [0.25, 0.3) is 0 Å². The summed E-state index contributed by atoms with van der Waals surface area (Å²) >= 11 is 0. The molecule has 0 heterocycles. The minimum absolute atomic E-state index is 0.324. The van der Waals surface area contributed by atoms with Crippen molar-refractivity contribution in [2.45, 2.75) is 59.5 Å². The number of aliphatic hydroxyl groups is 1. The van der Waals surface area contributed by atoms with Gasteiger partial charge in [-0.15, -0.1) is 0 Å². The maximum atomic E-state index is 10.2. The van der Waals surface area contributed by atoms with Gasteiger partial charge in [-0.2, -0.15) is 0 Å². The molecule has 2 aliphatic rings. The molecule has 0 fully saturated rings. The van der Waals surface area contributed by atoms with Gasteiger partial charge in [0.15, 0.2) is 0 Å². The second kappa shape index (κ2) is 3.98. The molecule has 0 saturated heterocycles. The highest BCUT2D eigenvalue weighted by Crippen LogP contribution is 2.50. The summed E-state index contributed by atoms with van der Waals surface area (Å²) in [7, 11) is 0. The van der Waals surface area contributed by atoms with E-state index in [4.69, 9.17) is 0 Å². The van der Waals surface area contributed by atoms with Crippen molar-refractivity contribution in [2.24, 2.45) is 17.3 Å². The molecule has 0 spiro atoms. The molecule has 0 radical (unpaired) electrons. The summed E-state index contributed by atoms with van der Waals surface area (Å²) in [4.78, 5) is 0. The van der Waals surface area contributed by atoms with Crippen LogP contribution in [-0.2, 0) is 0 Å². The molecule has 0 bridgehead atoms. The number of allylic oxidation sites excluding steroid dienone is 3. The molecule has 2 aliphatic carbocycles. The van der Waals surface area contributed by atoms with Crippen LogP contribution in [0.5, 0.6) is 0 Å². The predicted molar refractivity (Wildman–Crippen MR) is 72.7 cm³/mol. The van der Waals surface area contributed by atoms with Crippen LogP contribution in [0, 0.1) is 17.3 Å². The molecule has 0 aromatic rings. The standard InChI is InChI=1S/C16H26O/c1-11-6-7-14(15(11,3)4)13-8-9-16(5,17)12(2)10-13/h6,10,13-14,17H,7-9H2,1-5H3/t13-,14+,16+/m0/s1. The lowest BCUT2D eigenvalue weighted by molar-refractivity contribution is 0.0634. The van der Waals surface area contributed by atoms with E-state index < -0.39 is 5.60 Å². The van der Waals surface area contributed by atoms with Gasteiger partial charge < -0.3 is 5.11 Å². The molecular weight excluding hydrogens is 208 g/mol. The molecule has 1 nitrogen and oxygen atoms in total. The molecule has 0 saturated carbocycles. The topological polar surface area (TPSA) is 20.2 Å². The molecule has 0 aromatic heterocycles. The van der Waals surface area contributed by atoms with Crippen molar-refractivity contribution in [1.29, 1.82) is 0 Å². The third kappa shape index (κ3) is 2.10. The minimum atomic E-state index is -0.568. The molecule has 0 aromatic carbocycles. The van der Waals surface area contributed by atoms with Crippen LogP contribution in [0.15, 0.2) is 23.3 Å². The van der Waals surface area contributed by atoms with Gasteiger partial charge in [-0.25, -0.2) is 0 Å². The van der Waals surface area contributed by atoms with Gasteiger partial charge in [0, 0.05) is 0 Å². The third-order valence-corrected chi connectivity index (χ3v) is 5.42. The predicted octanol–water partition coefficient (Wildman–Crippen LogP) is 4.09. The van der Waals surface area contributed by atoms with Gasteiger partial charge in [0.05, 0.1) is 5.60 Å².